The van der Waals surface area contributed by atoms with E-state index in [4.69, 9.17) is 11.2 Å². The summed E-state index contributed by atoms with van der Waals surface area (Å²) in [4.78, 5) is -2.48. The fourth-order valence-corrected chi connectivity index (χ4v) is 8.18. The molecule has 0 saturated carbocycles. The summed E-state index contributed by atoms with van der Waals surface area (Å²) in [5, 5.41) is 0. The number of unbranched alkanes of at least 4 members (excludes halogenated alkanes) is 6. The van der Waals surface area contributed by atoms with E-state index < -0.39 is 4.90 Å². The van der Waals surface area contributed by atoms with Crippen molar-refractivity contribution < 1.29 is 4.57 Å². The van der Waals surface area contributed by atoms with Crippen molar-refractivity contribution in [3.8, 4) is 0 Å². The zero-order valence-electron chi connectivity index (χ0n) is 11.1. The molecule has 0 unspecified atom stereocenters. The molecule has 0 aliphatic rings. The largest absolute Gasteiger partial charge is 0.283 e. The van der Waals surface area contributed by atoms with Crippen molar-refractivity contribution in [1.29, 1.82) is 0 Å². The molecule has 1 nitrogen and oxygen atoms in total. The standard InChI is InChI=1S/C12H26ClOPS2/c1-3-5-7-9-11-16-15(13,14)17-12-10-8-6-4-2/h3-12H2,1-2H3. The van der Waals surface area contributed by atoms with Crippen LogP contribution in [0, 0.1) is 0 Å². The first-order valence-corrected chi connectivity index (χ1v) is 12.5. The maximum absolute atomic E-state index is 12.0. The molecule has 0 aliphatic carbocycles. The lowest BCUT2D eigenvalue weighted by Crippen LogP contribution is -1.81. The maximum atomic E-state index is 12.0. The zero-order valence-corrected chi connectivity index (χ0v) is 14.4. The summed E-state index contributed by atoms with van der Waals surface area (Å²) < 4.78 is 12.0. The first-order valence-electron chi connectivity index (χ1n) is 6.71. The predicted octanol–water partition coefficient (Wildman–Crippen LogP) is 6.96. The van der Waals surface area contributed by atoms with Gasteiger partial charge in [0, 0.05) is 11.5 Å². The third-order valence-electron chi connectivity index (χ3n) is 2.49. The van der Waals surface area contributed by atoms with Gasteiger partial charge in [0.1, 0.15) is 0 Å². The van der Waals surface area contributed by atoms with Crippen LogP contribution < -0.4 is 0 Å². The molecule has 0 N–H and O–H groups in total. The van der Waals surface area contributed by atoms with Crippen LogP contribution in [0.25, 0.3) is 0 Å². The summed E-state index contributed by atoms with van der Waals surface area (Å²) in [5.41, 5.74) is 0. The van der Waals surface area contributed by atoms with Crippen molar-refractivity contribution in [2.45, 2.75) is 65.2 Å². The van der Waals surface area contributed by atoms with E-state index in [2.05, 4.69) is 13.8 Å². The smallest absolute Gasteiger partial charge is 0.275 e. The van der Waals surface area contributed by atoms with Gasteiger partial charge in [-0.2, -0.15) is 0 Å². The second-order valence-electron chi connectivity index (χ2n) is 4.22. The average Bonchev–Trinajstić information content (AvgIpc) is 2.28. The third-order valence-corrected chi connectivity index (χ3v) is 10.6. The van der Waals surface area contributed by atoms with E-state index in [1.165, 1.54) is 61.3 Å². The molecule has 17 heavy (non-hydrogen) atoms. The van der Waals surface area contributed by atoms with Crippen LogP contribution in [0.4, 0.5) is 0 Å². The Morgan fingerprint density at radius 1 is 0.824 bits per heavy atom. The highest BCUT2D eigenvalue weighted by molar-refractivity contribution is 8.96. The fraction of sp³-hybridized carbons (Fsp3) is 1.00. The molecule has 5 heteroatoms. The van der Waals surface area contributed by atoms with Crippen LogP contribution in [-0.2, 0) is 4.57 Å². The average molecular weight is 317 g/mol. The van der Waals surface area contributed by atoms with Crippen molar-refractivity contribution in [1.82, 2.24) is 0 Å². The fourth-order valence-electron chi connectivity index (χ4n) is 1.44. The second-order valence-corrected chi connectivity index (χ2v) is 14.4. The molecule has 0 fully saturated rings. The molecule has 0 aromatic carbocycles. The van der Waals surface area contributed by atoms with Gasteiger partial charge in [-0.3, -0.25) is 4.57 Å². The van der Waals surface area contributed by atoms with E-state index in [0.717, 1.165) is 24.3 Å². The monoisotopic (exact) mass is 316 g/mol. The number of halogens is 1. The lowest BCUT2D eigenvalue weighted by Gasteiger charge is -2.09. The molecule has 0 bridgehead atoms. The van der Waals surface area contributed by atoms with Crippen LogP contribution >= 0.6 is 38.9 Å². The normalized spacial score (nSPS) is 11.9. The Bertz CT molecular complexity index is 197. The molecule has 0 radical (unpaired) electrons. The molecule has 0 atom stereocenters. The van der Waals surface area contributed by atoms with E-state index in [1.54, 1.807) is 0 Å². The Morgan fingerprint density at radius 3 is 1.59 bits per heavy atom. The minimum atomic E-state index is -2.48. The first kappa shape index (κ1) is 18.2. The van der Waals surface area contributed by atoms with Crippen molar-refractivity contribution in [3.63, 3.8) is 0 Å². The van der Waals surface area contributed by atoms with Gasteiger partial charge in [0.05, 0.1) is 0 Å². The summed E-state index contributed by atoms with van der Waals surface area (Å²) in [6.45, 7) is 4.40. The minimum Gasteiger partial charge on any atom is -0.283 e. The topological polar surface area (TPSA) is 17.1 Å². The molecule has 0 amide bonds. The van der Waals surface area contributed by atoms with E-state index in [-0.39, 0.29) is 0 Å². The van der Waals surface area contributed by atoms with Gasteiger partial charge < -0.3 is 0 Å². The summed E-state index contributed by atoms with van der Waals surface area (Å²) in [6, 6.07) is 0. The van der Waals surface area contributed by atoms with Gasteiger partial charge in [0.25, 0.3) is 4.90 Å². The second kappa shape index (κ2) is 12.3. The van der Waals surface area contributed by atoms with E-state index >= 15 is 0 Å². The Balaban J connectivity index is 3.42. The van der Waals surface area contributed by atoms with Gasteiger partial charge in [0.15, 0.2) is 0 Å². The molecule has 0 saturated heterocycles. The van der Waals surface area contributed by atoms with Crippen LogP contribution in [0.5, 0.6) is 0 Å². The van der Waals surface area contributed by atoms with Crippen LogP contribution in [0.15, 0.2) is 0 Å². The van der Waals surface area contributed by atoms with E-state index in [1.807, 2.05) is 0 Å². The van der Waals surface area contributed by atoms with Gasteiger partial charge in [-0.15, -0.1) is 0 Å². The zero-order chi connectivity index (χ0) is 13.0. The molecular weight excluding hydrogens is 291 g/mol. The van der Waals surface area contributed by atoms with Crippen LogP contribution in [0.1, 0.15) is 65.2 Å². The molecule has 0 spiro atoms. The van der Waals surface area contributed by atoms with Crippen molar-refractivity contribution in [2.75, 3.05) is 11.5 Å². The molecule has 104 valence electrons. The predicted molar refractivity (Wildman–Crippen MR) is 86.7 cm³/mol. The van der Waals surface area contributed by atoms with Gasteiger partial charge in [0.2, 0.25) is 0 Å². The number of rotatable bonds is 12. The van der Waals surface area contributed by atoms with Crippen molar-refractivity contribution >= 4 is 38.9 Å². The Kier molecular flexibility index (Phi) is 13.1. The van der Waals surface area contributed by atoms with Crippen molar-refractivity contribution in [2.24, 2.45) is 0 Å². The summed E-state index contributed by atoms with van der Waals surface area (Å²) >= 11 is 9.00. The Labute approximate surface area is 120 Å². The highest BCUT2D eigenvalue weighted by Gasteiger charge is 2.18. The van der Waals surface area contributed by atoms with Gasteiger partial charge in [-0.05, 0) is 24.1 Å². The quantitative estimate of drug-likeness (QED) is 0.286. The summed E-state index contributed by atoms with van der Waals surface area (Å²) in [7, 11) is 0. The van der Waals surface area contributed by atoms with Crippen LogP contribution in [-0.4, -0.2) is 11.5 Å². The summed E-state index contributed by atoms with van der Waals surface area (Å²) in [5.74, 6) is 1.89. The van der Waals surface area contributed by atoms with E-state index in [0.29, 0.717) is 0 Å². The third kappa shape index (κ3) is 13.5. The van der Waals surface area contributed by atoms with Gasteiger partial charge in [-0.25, -0.2) is 0 Å². The summed E-state index contributed by atoms with van der Waals surface area (Å²) in [6.07, 6.45) is 9.81. The Hall–Kier alpha value is 1.22. The Morgan fingerprint density at radius 2 is 1.24 bits per heavy atom. The number of hydrogen-bond donors (Lipinski definition) is 0. The minimum absolute atomic E-state index is 0.947. The highest BCUT2D eigenvalue weighted by Crippen LogP contribution is 2.73. The van der Waals surface area contributed by atoms with Crippen molar-refractivity contribution in [3.05, 3.63) is 0 Å². The number of hydrogen-bond acceptors (Lipinski definition) is 3. The first-order chi connectivity index (χ1) is 8.12. The molecule has 0 aromatic rings. The lowest BCUT2D eigenvalue weighted by atomic mass is 10.2. The molecule has 0 rings (SSSR count). The van der Waals surface area contributed by atoms with Crippen LogP contribution in [0.2, 0.25) is 0 Å². The van der Waals surface area contributed by atoms with E-state index in [9.17, 15) is 4.57 Å². The molecule has 0 aliphatic heterocycles. The highest BCUT2D eigenvalue weighted by atomic mass is 35.7. The molecule has 0 heterocycles. The maximum Gasteiger partial charge on any atom is 0.275 e. The molecular formula is C12H26ClOPS2. The lowest BCUT2D eigenvalue weighted by molar-refractivity contribution is 0.600. The molecule has 0 aromatic heterocycles. The van der Waals surface area contributed by atoms with Gasteiger partial charge in [-0.1, -0.05) is 75.1 Å². The van der Waals surface area contributed by atoms with Gasteiger partial charge >= 0.3 is 0 Å². The SMILES string of the molecule is CCCCCCSP(=O)(Cl)SCCCCCC. The van der Waals surface area contributed by atoms with Crippen LogP contribution in [0.3, 0.4) is 0 Å².